The molecule has 0 aromatic rings. The molecule has 0 fully saturated rings. The van der Waals surface area contributed by atoms with Crippen molar-refractivity contribution in [2.75, 3.05) is 23.9 Å². The predicted octanol–water partition coefficient (Wildman–Crippen LogP) is 9.30. The fourth-order valence-corrected chi connectivity index (χ4v) is 5.46. The van der Waals surface area contributed by atoms with Gasteiger partial charge in [0.2, 0.25) is 0 Å². The van der Waals surface area contributed by atoms with Crippen molar-refractivity contribution < 1.29 is 14.2 Å². The summed E-state index contributed by atoms with van der Waals surface area (Å²) in [4.78, 5) is 0. The van der Waals surface area contributed by atoms with Gasteiger partial charge in [0.25, 0.3) is 0 Å². The topological polar surface area (TPSA) is 27.7 Å². The van der Waals surface area contributed by atoms with Crippen molar-refractivity contribution in [1.82, 2.24) is 0 Å². The molecule has 0 aromatic heterocycles. The number of halogens is 2. The minimum atomic E-state index is -0.758. The SMILES string of the molecule is CC(C)=CCCC(CBr)C(C)(OCC(C)C)OC(C)(OCC(C)C)C(CBr)CCC=C(C)C. The maximum Gasteiger partial charge on any atom is 0.172 e. The Morgan fingerprint density at radius 2 is 1.03 bits per heavy atom. The first-order chi connectivity index (χ1) is 15.3. The molecule has 5 heteroatoms. The standard InChI is InChI=1S/C28H52Br2O3/c1-21(2)13-11-15-25(17-29)27(9,31-19-23(5)6)33-28(10,32-20-24(7)8)26(18-30)16-12-14-22(3)4/h13-14,23-26H,11-12,15-20H2,1-10H3. The molecule has 0 saturated heterocycles. The largest absolute Gasteiger partial charge is 0.349 e. The van der Waals surface area contributed by atoms with E-state index < -0.39 is 11.6 Å². The molecule has 0 radical (unpaired) electrons. The van der Waals surface area contributed by atoms with Crippen molar-refractivity contribution in [1.29, 1.82) is 0 Å². The summed E-state index contributed by atoms with van der Waals surface area (Å²) in [5.74, 6) is -0.272. The molecule has 0 aliphatic heterocycles. The number of rotatable bonds is 18. The van der Waals surface area contributed by atoms with Crippen LogP contribution in [0.15, 0.2) is 23.3 Å². The number of ether oxygens (including phenoxy) is 3. The number of alkyl halides is 2. The molecule has 0 aliphatic rings. The average molecular weight is 597 g/mol. The van der Waals surface area contributed by atoms with Crippen molar-refractivity contribution in [3.05, 3.63) is 23.3 Å². The molecule has 4 unspecified atom stereocenters. The van der Waals surface area contributed by atoms with Gasteiger partial charge in [0.15, 0.2) is 11.6 Å². The van der Waals surface area contributed by atoms with E-state index in [1.165, 1.54) is 11.1 Å². The third-order valence-corrected chi connectivity index (χ3v) is 7.37. The summed E-state index contributed by atoms with van der Waals surface area (Å²) in [6, 6.07) is 0. The highest BCUT2D eigenvalue weighted by Gasteiger charge is 2.46. The van der Waals surface area contributed by atoms with E-state index in [0.29, 0.717) is 25.0 Å². The lowest BCUT2D eigenvalue weighted by atomic mass is 9.92. The molecule has 33 heavy (non-hydrogen) atoms. The van der Waals surface area contributed by atoms with E-state index in [1.54, 1.807) is 0 Å². The number of hydrogen-bond acceptors (Lipinski definition) is 3. The summed E-state index contributed by atoms with van der Waals surface area (Å²) in [6.07, 6.45) is 8.59. The highest BCUT2D eigenvalue weighted by atomic mass is 79.9. The van der Waals surface area contributed by atoms with Crippen LogP contribution in [0, 0.1) is 23.7 Å². The van der Waals surface area contributed by atoms with Crippen LogP contribution in [0.2, 0.25) is 0 Å². The van der Waals surface area contributed by atoms with Crippen LogP contribution in [0.25, 0.3) is 0 Å². The van der Waals surface area contributed by atoms with E-state index in [1.807, 2.05) is 0 Å². The number of allylic oxidation sites excluding steroid dienone is 4. The lowest BCUT2D eigenvalue weighted by molar-refractivity contribution is -0.378. The van der Waals surface area contributed by atoms with Crippen molar-refractivity contribution in [2.45, 2.75) is 106 Å². The van der Waals surface area contributed by atoms with Gasteiger partial charge < -0.3 is 14.2 Å². The van der Waals surface area contributed by atoms with E-state index >= 15 is 0 Å². The fourth-order valence-electron chi connectivity index (χ4n) is 3.63. The summed E-state index contributed by atoms with van der Waals surface area (Å²) in [5.41, 5.74) is 2.69. The fraction of sp³-hybridized carbons (Fsp3) is 0.857. The van der Waals surface area contributed by atoms with E-state index in [0.717, 1.165) is 36.3 Å². The quantitative estimate of drug-likeness (QED) is 0.0897. The molecule has 0 aliphatic carbocycles. The van der Waals surface area contributed by atoms with Gasteiger partial charge in [0.05, 0.1) is 13.2 Å². The maximum absolute atomic E-state index is 7.00. The minimum absolute atomic E-state index is 0.197. The van der Waals surface area contributed by atoms with Crippen LogP contribution in [0.5, 0.6) is 0 Å². The van der Waals surface area contributed by atoms with Gasteiger partial charge in [-0.15, -0.1) is 0 Å². The van der Waals surface area contributed by atoms with Crippen LogP contribution < -0.4 is 0 Å². The van der Waals surface area contributed by atoms with Crippen LogP contribution >= 0.6 is 31.9 Å². The third kappa shape index (κ3) is 13.8. The van der Waals surface area contributed by atoms with Gasteiger partial charge in [0, 0.05) is 22.5 Å². The average Bonchev–Trinajstić information content (AvgIpc) is 2.71. The molecule has 0 aromatic carbocycles. The molecule has 0 spiro atoms. The highest BCUT2D eigenvalue weighted by molar-refractivity contribution is 9.09. The lowest BCUT2D eigenvalue weighted by Crippen LogP contribution is -2.54. The molecule has 4 atom stereocenters. The van der Waals surface area contributed by atoms with Gasteiger partial charge in [-0.2, -0.15) is 0 Å². The summed E-state index contributed by atoms with van der Waals surface area (Å²) in [7, 11) is 0. The molecule has 0 rings (SSSR count). The first-order valence-electron chi connectivity index (χ1n) is 12.7. The second-order valence-corrected chi connectivity index (χ2v) is 12.3. The minimum Gasteiger partial charge on any atom is -0.349 e. The van der Waals surface area contributed by atoms with Crippen LogP contribution in [0.1, 0.15) is 94.9 Å². The van der Waals surface area contributed by atoms with Crippen molar-refractivity contribution >= 4 is 31.9 Å². The van der Waals surface area contributed by atoms with Crippen LogP contribution in [0.3, 0.4) is 0 Å². The molecule has 3 nitrogen and oxygen atoms in total. The molecular weight excluding hydrogens is 544 g/mol. The normalized spacial score (nSPS) is 17.4. The highest BCUT2D eigenvalue weighted by Crippen LogP contribution is 2.40. The smallest absolute Gasteiger partial charge is 0.172 e. The molecule has 0 N–H and O–H groups in total. The Morgan fingerprint density at radius 1 is 0.697 bits per heavy atom. The van der Waals surface area contributed by atoms with E-state index in [2.05, 4.69) is 113 Å². The van der Waals surface area contributed by atoms with Gasteiger partial charge in [-0.05, 0) is 79.1 Å². The Hall–Kier alpha value is 0.320. The summed E-state index contributed by atoms with van der Waals surface area (Å²) in [5, 5.41) is 1.63. The first kappa shape index (κ1) is 33.3. The Labute approximate surface area is 222 Å². The van der Waals surface area contributed by atoms with E-state index in [9.17, 15) is 0 Å². The first-order valence-corrected chi connectivity index (χ1v) is 14.9. The summed E-state index contributed by atoms with van der Waals surface area (Å²) < 4.78 is 20.1. The number of hydrogen-bond donors (Lipinski definition) is 0. The Balaban J connectivity index is 6.03. The van der Waals surface area contributed by atoms with Gasteiger partial charge in [0.1, 0.15) is 0 Å². The van der Waals surface area contributed by atoms with Gasteiger partial charge in [-0.25, -0.2) is 0 Å². The van der Waals surface area contributed by atoms with Gasteiger partial charge >= 0.3 is 0 Å². The van der Waals surface area contributed by atoms with Crippen LogP contribution in [0.4, 0.5) is 0 Å². The molecular formula is C28H52Br2O3. The Bertz CT molecular complexity index is 530. The second kappa shape index (κ2) is 16.9. The van der Waals surface area contributed by atoms with Crippen molar-refractivity contribution in [2.24, 2.45) is 23.7 Å². The van der Waals surface area contributed by atoms with E-state index in [4.69, 9.17) is 14.2 Å². The van der Waals surface area contributed by atoms with Crippen LogP contribution in [-0.2, 0) is 14.2 Å². The zero-order valence-electron chi connectivity index (χ0n) is 23.1. The second-order valence-electron chi connectivity index (χ2n) is 11.0. The van der Waals surface area contributed by atoms with E-state index in [-0.39, 0.29) is 11.8 Å². The van der Waals surface area contributed by atoms with Gasteiger partial charge in [-0.1, -0.05) is 82.9 Å². The zero-order chi connectivity index (χ0) is 25.7. The summed E-state index contributed by atoms with van der Waals surface area (Å²) in [6.45, 7) is 22.9. The zero-order valence-corrected chi connectivity index (χ0v) is 26.3. The van der Waals surface area contributed by atoms with Gasteiger partial charge in [-0.3, -0.25) is 0 Å². The Kier molecular flexibility index (Phi) is 17.1. The molecule has 0 bridgehead atoms. The Morgan fingerprint density at radius 3 is 1.27 bits per heavy atom. The molecule has 0 amide bonds. The predicted molar refractivity (Wildman–Crippen MR) is 151 cm³/mol. The molecule has 0 saturated carbocycles. The van der Waals surface area contributed by atoms with Crippen molar-refractivity contribution in [3.63, 3.8) is 0 Å². The van der Waals surface area contributed by atoms with Crippen LogP contribution in [-0.4, -0.2) is 35.4 Å². The monoisotopic (exact) mass is 594 g/mol. The maximum atomic E-state index is 7.00. The lowest BCUT2D eigenvalue weighted by Gasteiger charge is -2.47. The summed E-state index contributed by atoms with van der Waals surface area (Å²) >= 11 is 7.54. The molecule has 0 heterocycles. The third-order valence-electron chi connectivity index (χ3n) is 5.80. The van der Waals surface area contributed by atoms with Crippen molar-refractivity contribution in [3.8, 4) is 0 Å². The molecule has 196 valence electrons.